The summed E-state index contributed by atoms with van der Waals surface area (Å²) in [4.78, 5) is 16.8. The minimum absolute atomic E-state index is 0.00951. The normalized spacial score (nSPS) is 15.1. The van der Waals surface area contributed by atoms with Gasteiger partial charge in [-0.05, 0) is 37.1 Å². The molecule has 3 heterocycles. The number of nitrogens with one attached hydrogen (secondary N) is 1. The first-order valence-electron chi connectivity index (χ1n) is 8.62. The van der Waals surface area contributed by atoms with Gasteiger partial charge < -0.3 is 14.8 Å². The zero-order valence-corrected chi connectivity index (χ0v) is 14.5. The molecular formula is C19H20N4O3. The summed E-state index contributed by atoms with van der Waals surface area (Å²) in [6.45, 7) is 1.27. The average Bonchev–Trinajstić information content (AvgIpc) is 3.10. The number of rotatable bonds is 4. The van der Waals surface area contributed by atoms with Crippen LogP contribution in [-0.4, -0.2) is 40.8 Å². The second-order valence-electron chi connectivity index (χ2n) is 6.26. The second-order valence-corrected chi connectivity index (χ2v) is 6.26. The number of carbonyl (C=O) groups is 1. The highest BCUT2D eigenvalue weighted by Crippen LogP contribution is 2.23. The number of aromatic nitrogens is 3. The highest BCUT2D eigenvalue weighted by atomic mass is 16.5. The van der Waals surface area contributed by atoms with Crippen LogP contribution in [0.3, 0.4) is 0 Å². The molecule has 0 spiro atoms. The van der Waals surface area contributed by atoms with Crippen molar-refractivity contribution in [3.63, 3.8) is 0 Å². The van der Waals surface area contributed by atoms with Crippen LogP contribution in [0.1, 0.15) is 12.8 Å². The number of benzene rings is 1. The number of nitrogens with zero attached hydrogens (tertiary/aromatic N) is 3. The van der Waals surface area contributed by atoms with Gasteiger partial charge in [-0.25, -0.2) is 9.50 Å². The van der Waals surface area contributed by atoms with Gasteiger partial charge in [0.25, 0.3) is 0 Å². The first-order valence-corrected chi connectivity index (χ1v) is 8.62. The standard InChI is InChI=1S/C19H20N4O3/c1-25-15-4-2-3-14(11-15)16-5-6-18-20-17(12-23(18)22-16)21-19(24)13-7-9-26-10-8-13/h2-6,11-13H,7-10H2,1H3,(H,21,24). The van der Waals surface area contributed by atoms with Gasteiger partial charge in [0.15, 0.2) is 11.5 Å². The summed E-state index contributed by atoms with van der Waals surface area (Å²) < 4.78 is 12.2. The van der Waals surface area contributed by atoms with E-state index in [0.29, 0.717) is 24.7 Å². The molecule has 1 amide bonds. The van der Waals surface area contributed by atoms with Crippen LogP contribution in [0.2, 0.25) is 0 Å². The molecule has 7 nitrogen and oxygen atoms in total. The van der Waals surface area contributed by atoms with Crippen molar-refractivity contribution in [1.82, 2.24) is 14.6 Å². The maximum atomic E-state index is 12.4. The summed E-state index contributed by atoms with van der Waals surface area (Å²) in [6.07, 6.45) is 3.23. The SMILES string of the molecule is COc1cccc(-c2ccc3nc(NC(=O)C4CCOCC4)cn3n2)c1. The third kappa shape index (κ3) is 3.39. The third-order valence-corrected chi connectivity index (χ3v) is 4.53. The molecule has 1 fully saturated rings. The molecule has 1 aromatic carbocycles. The quantitative estimate of drug-likeness (QED) is 0.781. The topological polar surface area (TPSA) is 77.8 Å². The number of amides is 1. The number of methoxy groups -OCH3 is 1. The fraction of sp³-hybridized carbons (Fsp3) is 0.316. The van der Waals surface area contributed by atoms with Gasteiger partial charge in [0.1, 0.15) is 5.75 Å². The largest absolute Gasteiger partial charge is 0.497 e. The summed E-state index contributed by atoms with van der Waals surface area (Å²) in [5, 5.41) is 7.48. The lowest BCUT2D eigenvalue weighted by atomic mass is 10.00. The van der Waals surface area contributed by atoms with Crippen molar-refractivity contribution in [1.29, 1.82) is 0 Å². The molecule has 26 heavy (non-hydrogen) atoms. The second kappa shape index (κ2) is 7.13. The molecule has 1 aliphatic heterocycles. The fourth-order valence-electron chi connectivity index (χ4n) is 3.07. The Labute approximate surface area is 151 Å². The van der Waals surface area contributed by atoms with Crippen LogP contribution in [0, 0.1) is 5.92 Å². The molecule has 134 valence electrons. The van der Waals surface area contributed by atoms with Gasteiger partial charge in [-0.3, -0.25) is 4.79 Å². The molecule has 1 aliphatic rings. The molecule has 1 saturated heterocycles. The predicted octanol–water partition coefficient (Wildman–Crippen LogP) is 2.77. The van der Waals surface area contributed by atoms with Crippen LogP contribution in [-0.2, 0) is 9.53 Å². The lowest BCUT2D eigenvalue weighted by molar-refractivity contribution is -0.122. The van der Waals surface area contributed by atoms with Gasteiger partial charge in [-0.2, -0.15) is 5.10 Å². The van der Waals surface area contributed by atoms with Crippen molar-refractivity contribution in [3.05, 3.63) is 42.6 Å². The Morgan fingerprint density at radius 2 is 2.12 bits per heavy atom. The zero-order valence-electron chi connectivity index (χ0n) is 14.5. The van der Waals surface area contributed by atoms with E-state index in [0.717, 1.165) is 29.8 Å². The van der Waals surface area contributed by atoms with Gasteiger partial charge >= 0.3 is 0 Å². The highest BCUT2D eigenvalue weighted by molar-refractivity contribution is 5.92. The molecule has 4 rings (SSSR count). The van der Waals surface area contributed by atoms with Gasteiger partial charge in [0, 0.05) is 24.7 Å². The summed E-state index contributed by atoms with van der Waals surface area (Å²) >= 11 is 0. The smallest absolute Gasteiger partial charge is 0.228 e. The molecule has 7 heteroatoms. The maximum Gasteiger partial charge on any atom is 0.228 e. The van der Waals surface area contributed by atoms with Crippen molar-refractivity contribution in [2.45, 2.75) is 12.8 Å². The fourth-order valence-corrected chi connectivity index (χ4v) is 3.07. The molecule has 0 unspecified atom stereocenters. The summed E-state index contributed by atoms with van der Waals surface area (Å²) in [5.41, 5.74) is 2.43. The minimum atomic E-state index is -0.0196. The molecular weight excluding hydrogens is 332 g/mol. The van der Waals surface area contributed by atoms with E-state index in [-0.39, 0.29) is 11.8 Å². The van der Waals surface area contributed by atoms with Crippen LogP contribution < -0.4 is 10.1 Å². The minimum Gasteiger partial charge on any atom is -0.497 e. The van der Waals surface area contributed by atoms with E-state index in [9.17, 15) is 4.79 Å². The summed E-state index contributed by atoms with van der Waals surface area (Å²) in [6, 6.07) is 11.5. The number of carbonyl (C=O) groups excluding carboxylic acids is 1. The van der Waals surface area contributed by atoms with E-state index in [1.54, 1.807) is 17.8 Å². The molecule has 0 saturated carbocycles. The lowest BCUT2D eigenvalue weighted by Gasteiger charge is -2.20. The van der Waals surface area contributed by atoms with Gasteiger partial charge in [-0.15, -0.1) is 0 Å². The molecule has 1 N–H and O–H groups in total. The van der Waals surface area contributed by atoms with E-state index in [4.69, 9.17) is 9.47 Å². The number of hydrogen-bond acceptors (Lipinski definition) is 5. The Bertz CT molecular complexity index is 931. The van der Waals surface area contributed by atoms with E-state index >= 15 is 0 Å². The van der Waals surface area contributed by atoms with Crippen molar-refractivity contribution < 1.29 is 14.3 Å². The Morgan fingerprint density at radius 3 is 2.92 bits per heavy atom. The molecule has 2 aromatic heterocycles. The highest BCUT2D eigenvalue weighted by Gasteiger charge is 2.22. The molecule has 0 bridgehead atoms. The zero-order chi connectivity index (χ0) is 17.9. The molecule has 0 atom stereocenters. The Hall–Kier alpha value is -2.93. The summed E-state index contributed by atoms with van der Waals surface area (Å²) in [5.74, 6) is 1.26. The lowest BCUT2D eigenvalue weighted by Crippen LogP contribution is -2.28. The maximum absolute atomic E-state index is 12.4. The summed E-state index contributed by atoms with van der Waals surface area (Å²) in [7, 11) is 1.64. The van der Waals surface area contributed by atoms with E-state index in [1.807, 2.05) is 36.4 Å². The number of imidazole rings is 1. The molecule has 0 aliphatic carbocycles. The first-order chi connectivity index (χ1) is 12.7. The monoisotopic (exact) mass is 352 g/mol. The number of hydrogen-bond donors (Lipinski definition) is 1. The molecule has 0 radical (unpaired) electrons. The van der Waals surface area contributed by atoms with Crippen molar-refractivity contribution in [3.8, 4) is 17.0 Å². The Balaban J connectivity index is 1.56. The van der Waals surface area contributed by atoms with Crippen molar-refractivity contribution in [2.75, 3.05) is 25.6 Å². The first kappa shape index (κ1) is 16.5. The van der Waals surface area contributed by atoms with Crippen LogP contribution in [0.5, 0.6) is 5.75 Å². The molecule has 3 aromatic rings. The predicted molar refractivity (Wildman–Crippen MR) is 97.1 cm³/mol. The van der Waals surface area contributed by atoms with E-state index < -0.39 is 0 Å². The van der Waals surface area contributed by atoms with Gasteiger partial charge in [0.2, 0.25) is 5.91 Å². The van der Waals surface area contributed by atoms with E-state index in [1.165, 1.54) is 0 Å². The van der Waals surface area contributed by atoms with Gasteiger partial charge in [-0.1, -0.05) is 12.1 Å². The number of ether oxygens (including phenoxy) is 2. The van der Waals surface area contributed by atoms with Crippen LogP contribution >= 0.6 is 0 Å². The Morgan fingerprint density at radius 1 is 1.27 bits per heavy atom. The van der Waals surface area contributed by atoms with E-state index in [2.05, 4.69) is 15.4 Å². The van der Waals surface area contributed by atoms with Gasteiger partial charge in [0.05, 0.1) is 19.0 Å². The Kier molecular flexibility index (Phi) is 4.53. The third-order valence-electron chi connectivity index (χ3n) is 4.53. The number of fused-ring (bicyclic) bond motifs is 1. The number of anilines is 1. The van der Waals surface area contributed by atoms with Crippen LogP contribution in [0.25, 0.3) is 16.9 Å². The average molecular weight is 352 g/mol. The van der Waals surface area contributed by atoms with Crippen molar-refractivity contribution >= 4 is 17.4 Å². The van der Waals surface area contributed by atoms with Crippen LogP contribution in [0.4, 0.5) is 5.82 Å². The van der Waals surface area contributed by atoms with Crippen LogP contribution in [0.15, 0.2) is 42.6 Å². The van der Waals surface area contributed by atoms with Crippen molar-refractivity contribution in [2.24, 2.45) is 5.92 Å².